The Balaban J connectivity index is 1.87. The first-order valence-electron chi connectivity index (χ1n) is 6.59. The molecule has 1 aliphatic rings. The summed E-state index contributed by atoms with van der Waals surface area (Å²) >= 11 is 0. The molecule has 0 saturated heterocycles. The summed E-state index contributed by atoms with van der Waals surface area (Å²) in [7, 11) is 0. The molecule has 18 heavy (non-hydrogen) atoms. The van der Waals surface area contributed by atoms with Crippen LogP contribution in [0.1, 0.15) is 39.2 Å². The van der Waals surface area contributed by atoms with Crippen molar-refractivity contribution in [1.29, 1.82) is 0 Å². The summed E-state index contributed by atoms with van der Waals surface area (Å²) < 4.78 is 0. The lowest BCUT2D eigenvalue weighted by molar-refractivity contribution is -0.115. The van der Waals surface area contributed by atoms with Gasteiger partial charge in [0.2, 0.25) is 5.91 Å². The van der Waals surface area contributed by atoms with E-state index in [2.05, 4.69) is 43.5 Å². The molecule has 1 aliphatic carbocycles. The molecule has 0 atom stereocenters. The standard InChI is InChI=1S/C15H22N2O/c1-15(2,3)11-4-6-13(7-5-11)17-14(18)10-16-12-8-9-12/h4-7,12,16H,8-10H2,1-3H3,(H,17,18). The van der Waals surface area contributed by atoms with Crippen LogP contribution < -0.4 is 10.6 Å². The molecule has 1 fully saturated rings. The van der Waals surface area contributed by atoms with Gasteiger partial charge in [0.25, 0.3) is 0 Å². The number of nitrogens with one attached hydrogen (secondary N) is 2. The lowest BCUT2D eigenvalue weighted by Gasteiger charge is -2.19. The Morgan fingerprint density at radius 3 is 2.33 bits per heavy atom. The first-order chi connectivity index (χ1) is 8.45. The van der Waals surface area contributed by atoms with E-state index in [0.29, 0.717) is 12.6 Å². The van der Waals surface area contributed by atoms with Crippen molar-refractivity contribution in [2.45, 2.75) is 45.1 Å². The molecule has 0 spiro atoms. The van der Waals surface area contributed by atoms with E-state index in [1.165, 1.54) is 18.4 Å². The predicted molar refractivity (Wildman–Crippen MR) is 74.8 cm³/mol. The molecule has 98 valence electrons. The molecular weight excluding hydrogens is 224 g/mol. The first kappa shape index (κ1) is 13.1. The average molecular weight is 246 g/mol. The quantitative estimate of drug-likeness (QED) is 0.857. The van der Waals surface area contributed by atoms with Crippen LogP contribution in [0.3, 0.4) is 0 Å². The molecule has 0 unspecified atom stereocenters. The molecule has 2 N–H and O–H groups in total. The Labute approximate surface area is 109 Å². The fourth-order valence-electron chi connectivity index (χ4n) is 1.78. The molecule has 1 aromatic carbocycles. The summed E-state index contributed by atoms with van der Waals surface area (Å²) in [6.45, 7) is 6.95. The van der Waals surface area contributed by atoms with E-state index < -0.39 is 0 Å². The maximum atomic E-state index is 11.7. The third-order valence-corrected chi connectivity index (χ3v) is 3.16. The van der Waals surface area contributed by atoms with Gasteiger partial charge in [0.1, 0.15) is 0 Å². The minimum Gasteiger partial charge on any atom is -0.325 e. The average Bonchev–Trinajstić information content (AvgIpc) is 3.09. The van der Waals surface area contributed by atoms with Gasteiger partial charge in [-0.2, -0.15) is 0 Å². The van der Waals surface area contributed by atoms with Crippen molar-refractivity contribution in [2.75, 3.05) is 11.9 Å². The number of benzene rings is 1. The molecule has 0 radical (unpaired) electrons. The summed E-state index contributed by atoms with van der Waals surface area (Å²) in [6, 6.07) is 8.65. The molecule has 1 saturated carbocycles. The number of carbonyl (C=O) groups excluding carboxylic acids is 1. The van der Waals surface area contributed by atoms with Crippen molar-refractivity contribution in [1.82, 2.24) is 5.32 Å². The highest BCUT2D eigenvalue weighted by atomic mass is 16.1. The van der Waals surface area contributed by atoms with E-state index in [0.717, 1.165) is 5.69 Å². The third kappa shape index (κ3) is 3.84. The van der Waals surface area contributed by atoms with Crippen LogP contribution in [0.15, 0.2) is 24.3 Å². The number of anilines is 1. The Kier molecular flexibility index (Phi) is 3.71. The Morgan fingerprint density at radius 1 is 1.22 bits per heavy atom. The second kappa shape index (κ2) is 5.11. The van der Waals surface area contributed by atoms with Crippen LogP contribution in [0.5, 0.6) is 0 Å². The minimum atomic E-state index is 0.0328. The zero-order chi connectivity index (χ0) is 13.2. The number of hydrogen-bond acceptors (Lipinski definition) is 2. The van der Waals surface area contributed by atoms with E-state index >= 15 is 0 Å². The van der Waals surface area contributed by atoms with Gasteiger partial charge in [-0.05, 0) is 36.0 Å². The van der Waals surface area contributed by atoms with Crippen molar-refractivity contribution in [3.8, 4) is 0 Å². The second-order valence-electron chi connectivity index (χ2n) is 6.03. The maximum Gasteiger partial charge on any atom is 0.238 e. The van der Waals surface area contributed by atoms with Gasteiger partial charge < -0.3 is 10.6 Å². The van der Waals surface area contributed by atoms with Crippen LogP contribution in [-0.4, -0.2) is 18.5 Å². The zero-order valence-electron chi connectivity index (χ0n) is 11.4. The molecule has 0 aliphatic heterocycles. The van der Waals surface area contributed by atoms with Gasteiger partial charge >= 0.3 is 0 Å². The molecule has 3 heteroatoms. The summed E-state index contributed by atoms with van der Waals surface area (Å²) in [6.07, 6.45) is 2.40. The summed E-state index contributed by atoms with van der Waals surface area (Å²) in [5.41, 5.74) is 2.29. The lowest BCUT2D eigenvalue weighted by Crippen LogP contribution is -2.29. The number of rotatable bonds is 4. The van der Waals surface area contributed by atoms with Gasteiger partial charge in [0.05, 0.1) is 6.54 Å². The van der Waals surface area contributed by atoms with Gasteiger partial charge in [-0.3, -0.25) is 4.79 Å². The van der Waals surface area contributed by atoms with E-state index in [4.69, 9.17) is 0 Å². The largest absolute Gasteiger partial charge is 0.325 e. The Morgan fingerprint density at radius 2 is 1.83 bits per heavy atom. The maximum absolute atomic E-state index is 11.7. The molecule has 0 heterocycles. The zero-order valence-corrected chi connectivity index (χ0v) is 11.4. The number of amides is 1. The van der Waals surface area contributed by atoms with Crippen LogP contribution in [-0.2, 0) is 10.2 Å². The minimum absolute atomic E-state index is 0.0328. The van der Waals surface area contributed by atoms with E-state index in [1.807, 2.05) is 12.1 Å². The van der Waals surface area contributed by atoms with Gasteiger partial charge in [-0.25, -0.2) is 0 Å². The van der Waals surface area contributed by atoms with Crippen LogP contribution in [0.25, 0.3) is 0 Å². The van der Waals surface area contributed by atoms with Crippen molar-refractivity contribution in [3.63, 3.8) is 0 Å². The van der Waals surface area contributed by atoms with Crippen LogP contribution in [0.4, 0.5) is 5.69 Å². The molecular formula is C15H22N2O. The second-order valence-corrected chi connectivity index (χ2v) is 6.03. The Bertz CT molecular complexity index is 413. The fourth-order valence-corrected chi connectivity index (χ4v) is 1.78. The van der Waals surface area contributed by atoms with E-state index in [-0.39, 0.29) is 11.3 Å². The molecule has 0 aromatic heterocycles. The van der Waals surface area contributed by atoms with Crippen molar-refractivity contribution >= 4 is 11.6 Å². The van der Waals surface area contributed by atoms with Crippen LogP contribution in [0.2, 0.25) is 0 Å². The highest BCUT2D eigenvalue weighted by Crippen LogP contribution is 2.23. The van der Waals surface area contributed by atoms with Crippen LogP contribution >= 0.6 is 0 Å². The van der Waals surface area contributed by atoms with Crippen molar-refractivity contribution in [3.05, 3.63) is 29.8 Å². The van der Waals surface area contributed by atoms with Crippen molar-refractivity contribution < 1.29 is 4.79 Å². The summed E-state index contributed by atoms with van der Waals surface area (Å²) in [5.74, 6) is 0.0328. The van der Waals surface area contributed by atoms with Gasteiger partial charge in [0.15, 0.2) is 0 Å². The fraction of sp³-hybridized carbons (Fsp3) is 0.533. The van der Waals surface area contributed by atoms with Gasteiger partial charge in [0, 0.05) is 11.7 Å². The third-order valence-electron chi connectivity index (χ3n) is 3.16. The van der Waals surface area contributed by atoms with E-state index in [9.17, 15) is 4.79 Å². The normalized spacial score (nSPS) is 15.5. The SMILES string of the molecule is CC(C)(C)c1ccc(NC(=O)CNC2CC2)cc1. The first-order valence-corrected chi connectivity index (χ1v) is 6.59. The molecule has 0 bridgehead atoms. The van der Waals surface area contributed by atoms with Crippen LogP contribution in [0, 0.1) is 0 Å². The molecule has 1 aromatic rings. The molecule has 1 amide bonds. The van der Waals surface area contributed by atoms with Gasteiger partial charge in [-0.1, -0.05) is 32.9 Å². The smallest absolute Gasteiger partial charge is 0.238 e. The summed E-state index contributed by atoms with van der Waals surface area (Å²) in [5, 5.41) is 6.10. The molecule has 3 nitrogen and oxygen atoms in total. The topological polar surface area (TPSA) is 41.1 Å². The van der Waals surface area contributed by atoms with Gasteiger partial charge in [-0.15, -0.1) is 0 Å². The molecule has 2 rings (SSSR count). The summed E-state index contributed by atoms with van der Waals surface area (Å²) in [4.78, 5) is 11.7. The lowest BCUT2D eigenvalue weighted by atomic mass is 9.87. The number of hydrogen-bond donors (Lipinski definition) is 2. The Hall–Kier alpha value is -1.35. The number of carbonyl (C=O) groups is 1. The predicted octanol–water partition coefficient (Wildman–Crippen LogP) is 2.67. The monoisotopic (exact) mass is 246 g/mol. The van der Waals surface area contributed by atoms with E-state index in [1.54, 1.807) is 0 Å². The highest BCUT2D eigenvalue weighted by molar-refractivity contribution is 5.92. The highest BCUT2D eigenvalue weighted by Gasteiger charge is 2.21. The van der Waals surface area contributed by atoms with Crippen molar-refractivity contribution in [2.24, 2.45) is 0 Å².